The number of aromatic nitrogens is 2. The van der Waals surface area contributed by atoms with Crippen LogP contribution < -0.4 is 0 Å². The molecule has 0 saturated carbocycles. The van der Waals surface area contributed by atoms with Gasteiger partial charge in [0.2, 0.25) is 0 Å². The lowest BCUT2D eigenvalue weighted by molar-refractivity contribution is -0.135. The summed E-state index contributed by atoms with van der Waals surface area (Å²) in [6, 6.07) is 11.4. The molecule has 1 saturated heterocycles. The van der Waals surface area contributed by atoms with Gasteiger partial charge in [0.05, 0.1) is 0 Å². The van der Waals surface area contributed by atoms with Gasteiger partial charge in [-0.05, 0) is 30.5 Å². The van der Waals surface area contributed by atoms with Gasteiger partial charge in [-0.1, -0.05) is 44.2 Å². The van der Waals surface area contributed by atoms with Crippen molar-refractivity contribution in [1.82, 2.24) is 19.6 Å². The minimum absolute atomic E-state index is 0.137. The van der Waals surface area contributed by atoms with Crippen LogP contribution in [0.1, 0.15) is 31.9 Å². The molecule has 0 N–H and O–H groups in total. The zero-order valence-corrected chi connectivity index (χ0v) is 15.2. The minimum atomic E-state index is -0.376. The summed E-state index contributed by atoms with van der Waals surface area (Å²) in [5, 5.41) is 4.33. The average Bonchev–Trinajstić information content (AvgIpc) is 3.15. The highest BCUT2D eigenvalue weighted by Crippen LogP contribution is 2.21. The first-order valence-corrected chi connectivity index (χ1v) is 9.20. The second-order valence-electron chi connectivity index (χ2n) is 7.15. The number of carbonyl (C=O) groups is 1. The molecule has 1 aliphatic rings. The van der Waals surface area contributed by atoms with E-state index < -0.39 is 0 Å². The Hall–Kier alpha value is -2.14. The molecule has 1 fully saturated rings. The van der Waals surface area contributed by atoms with E-state index in [1.54, 1.807) is 10.9 Å². The summed E-state index contributed by atoms with van der Waals surface area (Å²) in [6.07, 6.45) is 4.81. The normalized spacial score (nSPS) is 17.0. The summed E-state index contributed by atoms with van der Waals surface area (Å²) in [7, 11) is 0. The monoisotopic (exact) mass is 340 g/mol. The van der Waals surface area contributed by atoms with Crippen LogP contribution in [0.3, 0.4) is 0 Å². The zero-order chi connectivity index (χ0) is 17.6. The van der Waals surface area contributed by atoms with Crippen LogP contribution in [0.25, 0.3) is 0 Å². The molecule has 0 spiro atoms. The van der Waals surface area contributed by atoms with Crippen molar-refractivity contribution in [2.24, 2.45) is 5.92 Å². The first-order valence-electron chi connectivity index (χ1n) is 9.20. The molecule has 5 nitrogen and oxygen atoms in total. The summed E-state index contributed by atoms with van der Waals surface area (Å²) in [5.74, 6) is 0.861. The van der Waals surface area contributed by atoms with Crippen molar-refractivity contribution < 1.29 is 4.79 Å². The van der Waals surface area contributed by atoms with Gasteiger partial charge in [0.15, 0.2) is 6.04 Å². The number of amides is 1. The Morgan fingerprint density at radius 1 is 1.08 bits per heavy atom. The van der Waals surface area contributed by atoms with Gasteiger partial charge in [-0.25, -0.2) is 0 Å². The Balaban J connectivity index is 1.68. The van der Waals surface area contributed by atoms with Gasteiger partial charge in [0, 0.05) is 38.6 Å². The Kier molecular flexibility index (Phi) is 5.87. The number of carbonyl (C=O) groups excluding carboxylic acids is 1. The van der Waals surface area contributed by atoms with E-state index in [1.807, 2.05) is 47.5 Å². The van der Waals surface area contributed by atoms with Gasteiger partial charge < -0.3 is 4.90 Å². The fourth-order valence-electron chi connectivity index (χ4n) is 3.28. The molecular formula is C20H28N4O. The summed E-state index contributed by atoms with van der Waals surface area (Å²) >= 11 is 0. The molecule has 1 unspecified atom stereocenters. The molecular weight excluding hydrogens is 312 g/mol. The van der Waals surface area contributed by atoms with Crippen LogP contribution in [0.2, 0.25) is 0 Å². The average molecular weight is 340 g/mol. The van der Waals surface area contributed by atoms with Gasteiger partial charge in [-0.2, -0.15) is 5.10 Å². The van der Waals surface area contributed by atoms with Gasteiger partial charge in [-0.3, -0.25) is 14.4 Å². The predicted molar refractivity (Wildman–Crippen MR) is 99.3 cm³/mol. The molecule has 0 aliphatic carbocycles. The standard InChI is InChI=1S/C20H28N4O/c1-17(2)9-12-22-13-15-23(16-14-22)20(25)19(24-11-6-10-21-24)18-7-4-3-5-8-18/h3-8,10-11,17,19H,9,12-16H2,1-2H3. The van der Waals surface area contributed by atoms with E-state index in [0.717, 1.165) is 44.2 Å². The van der Waals surface area contributed by atoms with E-state index in [4.69, 9.17) is 0 Å². The minimum Gasteiger partial charge on any atom is -0.338 e. The molecule has 1 atom stereocenters. The molecule has 134 valence electrons. The van der Waals surface area contributed by atoms with Crippen LogP contribution in [-0.2, 0) is 4.79 Å². The maximum atomic E-state index is 13.2. The largest absolute Gasteiger partial charge is 0.338 e. The smallest absolute Gasteiger partial charge is 0.252 e. The second kappa shape index (κ2) is 8.30. The molecule has 3 rings (SSSR count). The summed E-state index contributed by atoms with van der Waals surface area (Å²) in [5.41, 5.74) is 0.985. The molecule has 1 aromatic carbocycles. The van der Waals surface area contributed by atoms with E-state index in [2.05, 4.69) is 23.8 Å². The SMILES string of the molecule is CC(C)CCN1CCN(C(=O)C(c2ccccc2)n2cccn2)CC1. The van der Waals surface area contributed by atoms with E-state index in [0.29, 0.717) is 0 Å². The summed E-state index contributed by atoms with van der Waals surface area (Å²) < 4.78 is 1.77. The lowest BCUT2D eigenvalue weighted by Crippen LogP contribution is -2.51. The van der Waals surface area contributed by atoms with Crippen molar-refractivity contribution in [3.8, 4) is 0 Å². The number of hydrogen-bond donors (Lipinski definition) is 0. The number of benzene rings is 1. The van der Waals surface area contributed by atoms with Crippen molar-refractivity contribution in [2.45, 2.75) is 26.3 Å². The van der Waals surface area contributed by atoms with Gasteiger partial charge >= 0.3 is 0 Å². The molecule has 1 aromatic heterocycles. The quantitative estimate of drug-likeness (QED) is 0.812. The van der Waals surface area contributed by atoms with Crippen LogP contribution in [-0.4, -0.2) is 58.2 Å². The third kappa shape index (κ3) is 4.48. The van der Waals surface area contributed by atoms with Crippen LogP contribution in [0.15, 0.2) is 48.8 Å². The van der Waals surface area contributed by atoms with Crippen molar-refractivity contribution in [1.29, 1.82) is 0 Å². The maximum Gasteiger partial charge on any atom is 0.252 e. The molecule has 1 amide bonds. The third-order valence-corrected chi connectivity index (χ3v) is 4.85. The molecule has 5 heteroatoms. The highest BCUT2D eigenvalue weighted by molar-refractivity contribution is 5.83. The van der Waals surface area contributed by atoms with Gasteiger partial charge in [0.1, 0.15) is 0 Å². The molecule has 0 radical (unpaired) electrons. The fraction of sp³-hybridized carbons (Fsp3) is 0.500. The van der Waals surface area contributed by atoms with E-state index in [1.165, 1.54) is 6.42 Å². The number of nitrogens with zero attached hydrogens (tertiary/aromatic N) is 4. The summed E-state index contributed by atoms with van der Waals surface area (Å²) in [6.45, 7) is 9.14. The van der Waals surface area contributed by atoms with Crippen LogP contribution in [0.4, 0.5) is 0 Å². The number of rotatable bonds is 6. The second-order valence-corrected chi connectivity index (χ2v) is 7.15. The zero-order valence-electron chi connectivity index (χ0n) is 15.2. The fourth-order valence-corrected chi connectivity index (χ4v) is 3.28. The first-order chi connectivity index (χ1) is 12.1. The van der Waals surface area contributed by atoms with Crippen molar-refractivity contribution in [2.75, 3.05) is 32.7 Å². The topological polar surface area (TPSA) is 41.4 Å². The molecule has 2 aromatic rings. The number of hydrogen-bond acceptors (Lipinski definition) is 3. The van der Waals surface area contributed by atoms with Crippen LogP contribution >= 0.6 is 0 Å². The Morgan fingerprint density at radius 2 is 1.80 bits per heavy atom. The Bertz CT molecular complexity index is 646. The lowest BCUT2D eigenvalue weighted by Gasteiger charge is -2.36. The van der Waals surface area contributed by atoms with Gasteiger partial charge in [-0.15, -0.1) is 0 Å². The highest BCUT2D eigenvalue weighted by atomic mass is 16.2. The predicted octanol–water partition coefficient (Wildman–Crippen LogP) is 2.66. The number of piperazine rings is 1. The van der Waals surface area contributed by atoms with Crippen LogP contribution in [0.5, 0.6) is 0 Å². The highest BCUT2D eigenvalue weighted by Gasteiger charge is 2.30. The van der Waals surface area contributed by atoms with E-state index in [9.17, 15) is 4.79 Å². The Labute approximate surface area is 150 Å². The first kappa shape index (κ1) is 17.7. The van der Waals surface area contributed by atoms with E-state index in [-0.39, 0.29) is 11.9 Å². The van der Waals surface area contributed by atoms with Crippen molar-refractivity contribution in [3.63, 3.8) is 0 Å². The molecule has 1 aliphatic heterocycles. The Morgan fingerprint density at radius 3 is 2.40 bits per heavy atom. The van der Waals surface area contributed by atoms with Crippen LogP contribution in [0, 0.1) is 5.92 Å². The third-order valence-electron chi connectivity index (χ3n) is 4.85. The molecule has 25 heavy (non-hydrogen) atoms. The van der Waals surface area contributed by atoms with E-state index >= 15 is 0 Å². The maximum absolute atomic E-state index is 13.2. The van der Waals surface area contributed by atoms with Gasteiger partial charge in [0.25, 0.3) is 5.91 Å². The van der Waals surface area contributed by atoms with Crippen molar-refractivity contribution in [3.05, 3.63) is 54.4 Å². The summed E-state index contributed by atoms with van der Waals surface area (Å²) in [4.78, 5) is 17.7. The lowest BCUT2D eigenvalue weighted by atomic mass is 10.1. The molecule has 0 bridgehead atoms. The molecule has 2 heterocycles. The van der Waals surface area contributed by atoms with Crippen molar-refractivity contribution >= 4 is 5.91 Å².